The molecule has 0 aliphatic heterocycles. The molecule has 0 aliphatic rings. The highest BCUT2D eigenvalue weighted by molar-refractivity contribution is 5.73. The second-order valence-corrected chi connectivity index (χ2v) is 2.13. The lowest BCUT2D eigenvalue weighted by Gasteiger charge is -1.91. The van der Waals surface area contributed by atoms with Gasteiger partial charge in [0, 0.05) is 7.05 Å². The van der Waals surface area contributed by atoms with Gasteiger partial charge >= 0.3 is 5.69 Å². The quantitative estimate of drug-likeness (QED) is 0.541. The molecule has 0 radical (unpaired) electrons. The molecule has 0 saturated carbocycles. The number of aromatic nitrogens is 3. The van der Waals surface area contributed by atoms with Crippen LogP contribution in [0.2, 0.25) is 0 Å². The van der Waals surface area contributed by atoms with Gasteiger partial charge in [0.2, 0.25) is 5.91 Å². The van der Waals surface area contributed by atoms with Crippen LogP contribution >= 0.6 is 0 Å². The molecule has 1 rings (SSSR count). The Bertz CT molecular complexity index is 323. The molecule has 1 aromatic rings. The Labute approximate surface area is 62.2 Å². The fourth-order valence-corrected chi connectivity index (χ4v) is 0.701. The van der Waals surface area contributed by atoms with Gasteiger partial charge in [0.25, 0.3) is 0 Å². The number of hydrogen-bond acceptors (Lipinski definition) is 3. The van der Waals surface area contributed by atoms with Gasteiger partial charge in [-0.1, -0.05) is 0 Å². The van der Waals surface area contributed by atoms with E-state index >= 15 is 0 Å². The fourth-order valence-electron chi connectivity index (χ4n) is 0.701. The summed E-state index contributed by atoms with van der Waals surface area (Å²) in [5.74, 6) is -0.555. The summed E-state index contributed by atoms with van der Waals surface area (Å²) in [6, 6.07) is 0. The van der Waals surface area contributed by atoms with Crippen LogP contribution in [0.1, 0.15) is 0 Å². The minimum absolute atomic E-state index is 0.118. The monoisotopic (exact) mass is 156 g/mol. The lowest BCUT2D eigenvalue weighted by molar-refractivity contribution is -0.118. The summed E-state index contributed by atoms with van der Waals surface area (Å²) in [5.41, 5.74) is 4.52. The minimum Gasteiger partial charge on any atom is -0.368 e. The van der Waals surface area contributed by atoms with Crippen molar-refractivity contribution in [1.29, 1.82) is 0 Å². The van der Waals surface area contributed by atoms with Crippen molar-refractivity contribution < 1.29 is 4.79 Å². The first-order valence-electron chi connectivity index (χ1n) is 2.98. The molecule has 1 aromatic heterocycles. The van der Waals surface area contributed by atoms with Crippen LogP contribution in [0.4, 0.5) is 0 Å². The Morgan fingerprint density at radius 2 is 2.45 bits per heavy atom. The Hall–Kier alpha value is -1.59. The van der Waals surface area contributed by atoms with Crippen molar-refractivity contribution in [3.8, 4) is 0 Å². The van der Waals surface area contributed by atoms with Crippen LogP contribution in [0.5, 0.6) is 0 Å². The van der Waals surface area contributed by atoms with E-state index in [-0.39, 0.29) is 12.2 Å². The van der Waals surface area contributed by atoms with E-state index in [9.17, 15) is 9.59 Å². The van der Waals surface area contributed by atoms with Gasteiger partial charge in [-0.05, 0) is 0 Å². The number of hydrogen-bond donors (Lipinski definition) is 1. The summed E-state index contributed by atoms with van der Waals surface area (Å²) >= 11 is 0. The van der Waals surface area contributed by atoms with E-state index in [0.29, 0.717) is 0 Å². The first-order chi connectivity index (χ1) is 5.11. The Balaban J connectivity index is 2.97. The molecule has 0 spiro atoms. The zero-order valence-electron chi connectivity index (χ0n) is 6.02. The molecule has 6 nitrogen and oxygen atoms in total. The molecule has 0 bridgehead atoms. The SMILES string of the molecule is Cn1ncn(CC(N)=O)c1=O. The van der Waals surface area contributed by atoms with E-state index in [0.717, 1.165) is 9.25 Å². The summed E-state index contributed by atoms with van der Waals surface area (Å²) in [5, 5.41) is 3.63. The van der Waals surface area contributed by atoms with E-state index in [2.05, 4.69) is 5.10 Å². The number of carbonyl (C=O) groups is 1. The highest BCUT2D eigenvalue weighted by Crippen LogP contribution is 1.75. The van der Waals surface area contributed by atoms with Gasteiger partial charge in [-0.2, -0.15) is 5.10 Å². The molecule has 0 aliphatic carbocycles. The highest BCUT2D eigenvalue weighted by Gasteiger charge is 2.02. The summed E-state index contributed by atoms with van der Waals surface area (Å²) in [6.07, 6.45) is 1.27. The average molecular weight is 156 g/mol. The van der Waals surface area contributed by atoms with Crippen LogP contribution in [-0.2, 0) is 18.4 Å². The van der Waals surface area contributed by atoms with Crippen molar-refractivity contribution in [2.24, 2.45) is 12.8 Å². The minimum atomic E-state index is -0.555. The number of nitrogens with two attached hydrogens (primary N) is 1. The second kappa shape index (κ2) is 2.57. The summed E-state index contributed by atoms with van der Waals surface area (Å²) in [7, 11) is 1.50. The number of aryl methyl sites for hydroxylation is 1. The van der Waals surface area contributed by atoms with Crippen LogP contribution in [0.15, 0.2) is 11.1 Å². The van der Waals surface area contributed by atoms with Crippen molar-refractivity contribution in [3.05, 3.63) is 16.8 Å². The Morgan fingerprint density at radius 3 is 2.82 bits per heavy atom. The Kier molecular flexibility index (Phi) is 1.75. The molecule has 60 valence electrons. The maximum atomic E-state index is 11.0. The van der Waals surface area contributed by atoms with Gasteiger partial charge < -0.3 is 5.73 Å². The summed E-state index contributed by atoms with van der Waals surface area (Å²) < 4.78 is 2.27. The van der Waals surface area contributed by atoms with Crippen LogP contribution in [0.25, 0.3) is 0 Å². The third kappa shape index (κ3) is 1.46. The predicted molar refractivity (Wildman–Crippen MR) is 36.7 cm³/mol. The molecular weight excluding hydrogens is 148 g/mol. The lowest BCUT2D eigenvalue weighted by Crippen LogP contribution is -2.28. The maximum absolute atomic E-state index is 11.0. The number of nitrogens with zero attached hydrogens (tertiary/aromatic N) is 3. The first-order valence-corrected chi connectivity index (χ1v) is 2.98. The third-order valence-corrected chi connectivity index (χ3v) is 1.21. The maximum Gasteiger partial charge on any atom is 0.345 e. The molecule has 2 N–H and O–H groups in total. The van der Waals surface area contributed by atoms with Crippen molar-refractivity contribution in [2.45, 2.75) is 6.54 Å². The van der Waals surface area contributed by atoms with Crippen LogP contribution < -0.4 is 11.4 Å². The number of primary amides is 1. The van der Waals surface area contributed by atoms with E-state index in [4.69, 9.17) is 5.73 Å². The Morgan fingerprint density at radius 1 is 1.82 bits per heavy atom. The zero-order valence-corrected chi connectivity index (χ0v) is 6.02. The van der Waals surface area contributed by atoms with Gasteiger partial charge in [-0.15, -0.1) is 0 Å². The van der Waals surface area contributed by atoms with E-state index in [1.807, 2.05) is 0 Å². The van der Waals surface area contributed by atoms with Crippen molar-refractivity contribution in [3.63, 3.8) is 0 Å². The molecule has 0 unspecified atom stereocenters. The average Bonchev–Trinajstić information content (AvgIpc) is 2.18. The summed E-state index contributed by atoms with van der Waals surface area (Å²) in [6.45, 7) is -0.118. The van der Waals surface area contributed by atoms with E-state index in [1.54, 1.807) is 0 Å². The molecule has 6 heteroatoms. The molecule has 0 aromatic carbocycles. The van der Waals surface area contributed by atoms with Crippen molar-refractivity contribution >= 4 is 5.91 Å². The molecule has 0 saturated heterocycles. The number of amides is 1. The van der Waals surface area contributed by atoms with Crippen molar-refractivity contribution in [1.82, 2.24) is 14.3 Å². The first kappa shape index (κ1) is 7.52. The molecule has 0 fully saturated rings. The second-order valence-electron chi connectivity index (χ2n) is 2.13. The van der Waals surface area contributed by atoms with Crippen LogP contribution in [0.3, 0.4) is 0 Å². The topological polar surface area (TPSA) is 82.9 Å². The van der Waals surface area contributed by atoms with Crippen molar-refractivity contribution in [2.75, 3.05) is 0 Å². The normalized spacial score (nSPS) is 9.91. The molecule has 11 heavy (non-hydrogen) atoms. The highest BCUT2D eigenvalue weighted by atomic mass is 16.2. The molecular formula is C5H8N4O2. The largest absolute Gasteiger partial charge is 0.368 e. The molecule has 0 atom stereocenters. The van der Waals surface area contributed by atoms with E-state index < -0.39 is 5.91 Å². The van der Waals surface area contributed by atoms with Crippen LogP contribution in [-0.4, -0.2) is 20.3 Å². The van der Waals surface area contributed by atoms with E-state index in [1.165, 1.54) is 13.4 Å². The fraction of sp³-hybridized carbons (Fsp3) is 0.400. The van der Waals surface area contributed by atoms with Gasteiger partial charge in [0.1, 0.15) is 12.9 Å². The number of rotatable bonds is 2. The van der Waals surface area contributed by atoms with Gasteiger partial charge in [-0.3, -0.25) is 9.36 Å². The summed E-state index contributed by atoms with van der Waals surface area (Å²) in [4.78, 5) is 21.3. The van der Waals surface area contributed by atoms with Gasteiger partial charge in [-0.25, -0.2) is 9.48 Å². The standard InChI is InChI=1S/C5H8N4O2/c1-8-5(11)9(3-7-8)2-4(6)10/h3H,2H2,1H3,(H2,6,10). The lowest BCUT2D eigenvalue weighted by atomic mass is 10.6. The van der Waals surface area contributed by atoms with Gasteiger partial charge in [0.15, 0.2) is 0 Å². The molecule has 1 heterocycles. The third-order valence-electron chi connectivity index (χ3n) is 1.21. The zero-order chi connectivity index (χ0) is 8.43. The predicted octanol–water partition coefficient (Wildman–Crippen LogP) is -1.93. The molecule has 1 amide bonds. The van der Waals surface area contributed by atoms with Crippen LogP contribution in [0, 0.1) is 0 Å². The smallest absolute Gasteiger partial charge is 0.345 e. The van der Waals surface area contributed by atoms with Gasteiger partial charge in [0.05, 0.1) is 0 Å². The number of carbonyl (C=O) groups excluding carboxylic acids is 1.